The summed E-state index contributed by atoms with van der Waals surface area (Å²) >= 11 is 0. The number of carbonyl (C=O) groups is 4. The van der Waals surface area contributed by atoms with Crippen LogP contribution < -0.4 is 19.5 Å². The van der Waals surface area contributed by atoms with Crippen molar-refractivity contribution in [2.75, 3.05) is 19.8 Å². The van der Waals surface area contributed by atoms with Crippen LogP contribution in [0.5, 0.6) is 17.2 Å². The van der Waals surface area contributed by atoms with Crippen LogP contribution in [0.3, 0.4) is 0 Å². The Bertz CT molecular complexity index is 925. The summed E-state index contributed by atoms with van der Waals surface area (Å²) < 4.78 is 21.0. The normalized spacial score (nSPS) is 10.8. The van der Waals surface area contributed by atoms with Crippen molar-refractivity contribution in [2.45, 2.75) is 137 Å². The molecule has 9 heteroatoms. The molecule has 0 saturated carbocycles. The van der Waals surface area contributed by atoms with E-state index in [4.69, 9.17) is 18.9 Å². The van der Waals surface area contributed by atoms with Gasteiger partial charge >= 0.3 is 17.9 Å². The fourth-order valence-corrected chi connectivity index (χ4v) is 4.75. The predicted octanol–water partition coefficient (Wildman–Crippen LogP) is 7.86. The largest absolute Gasteiger partial charge is 0.423 e. The van der Waals surface area contributed by atoms with Gasteiger partial charge in [0, 0.05) is 46.1 Å². The zero-order valence-electron chi connectivity index (χ0n) is 27.1. The SMILES string of the molecule is CCCCCCCCCCCCCCCCCCOCCCNC(=O)c1cc(OC(C)=O)c(OC(C)=O)c(OC(C)=O)c1. The van der Waals surface area contributed by atoms with Gasteiger partial charge in [0.15, 0.2) is 11.5 Å². The van der Waals surface area contributed by atoms with Crippen LogP contribution in [0.1, 0.15) is 147 Å². The molecular weight excluding hydrogens is 550 g/mol. The Labute approximate surface area is 258 Å². The summed E-state index contributed by atoms with van der Waals surface area (Å²) in [5.41, 5.74) is 0.0810. The number of amides is 1. The summed E-state index contributed by atoms with van der Waals surface area (Å²) in [5.74, 6) is -3.21. The van der Waals surface area contributed by atoms with Gasteiger partial charge in [-0.1, -0.05) is 103 Å². The Morgan fingerprint density at radius 3 is 1.37 bits per heavy atom. The van der Waals surface area contributed by atoms with Gasteiger partial charge < -0.3 is 24.3 Å². The third kappa shape index (κ3) is 19.8. The molecule has 244 valence electrons. The first kappa shape index (κ1) is 38.1. The van der Waals surface area contributed by atoms with Crippen molar-refractivity contribution in [1.82, 2.24) is 5.32 Å². The smallest absolute Gasteiger partial charge is 0.308 e. The highest BCUT2D eigenvalue weighted by Gasteiger charge is 2.22. The molecular formula is C34H55NO8. The second-order valence-electron chi connectivity index (χ2n) is 11.1. The maximum absolute atomic E-state index is 12.7. The van der Waals surface area contributed by atoms with Crippen molar-refractivity contribution in [3.05, 3.63) is 17.7 Å². The number of benzene rings is 1. The molecule has 0 aliphatic carbocycles. The Morgan fingerprint density at radius 2 is 0.953 bits per heavy atom. The molecule has 1 aromatic carbocycles. The molecule has 43 heavy (non-hydrogen) atoms. The number of unbranched alkanes of at least 4 members (excludes halogenated alkanes) is 15. The summed E-state index contributed by atoms with van der Waals surface area (Å²) in [6.45, 7) is 7.35. The van der Waals surface area contributed by atoms with Crippen molar-refractivity contribution in [3.63, 3.8) is 0 Å². The molecule has 0 spiro atoms. The van der Waals surface area contributed by atoms with E-state index in [-0.39, 0.29) is 22.8 Å². The molecule has 0 unspecified atom stereocenters. The standard InChI is InChI=1S/C34H55NO8/c1-5-6-7-8-9-10-11-12-13-14-15-16-17-18-19-20-23-40-24-21-22-35-34(39)30-25-31(41-27(2)36)33(43-29(4)38)32(26-30)42-28(3)37/h25-26H,5-24H2,1-4H3,(H,35,39). The van der Waals surface area contributed by atoms with Gasteiger partial charge in [-0.2, -0.15) is 0 Å². The summed E-state index contributed by atoms with van der Waals surface area (Å²) in [6.07, 6.45) is 22.0. The Morgan fingerprint density at radius 1 is 0.558 bits per heavy atom. The molecule has 1 N–H and O–H groups in total. The Hall–Kier alpha value is -2.94. The van der Waals surface area contributed by atoms with Crippen LogP contribution in [-0.4, -0.2) is 43.6 Å². The minimum absolute atomic E-state index is 0.0810. The minimum atomic E-state index is -0.710. The first-order valence-electron chi connectivity index (χ1n) is 16.3. The van der Waals surface area contributed by atoms with Gasteiger partial charge in [-0.05, 0) is 25.0 Å². The minimum Gasteiger partial charge on any atom is -0.423 e. The van der Waals surface area contributed by atoms with Crippen molar-refractivity contribution in [1.29, 1.82) is 0 Å². The van der Waals surface area contributed by atoms with Gasteiger partial charge in [-0.15, -0.1) is 0 Å². The highest BCUT2D eigenvalue weighted by Crippen LogP contribution is 2.39. The zero-order chi connectivity index (χ0) is 31.7. The van der Waals surface area contributed by atoms with Crippen molar-refractivity contribution in [2.24, 2.45) is 0 Å². The van der Waals surface area contributed by atoms with E-state index in [9.17, 15) is 19.2 Å². The monoisotopic (exact) mass is 605 g/mol. The number of rotatable bonds is 25. The lowest BCUT2D eigenvalue weighted by Gasteiger charge is -2.15. The average Bonchev–Trinajstić information content (AvgIpc) is 2.94. The van der Waals surface area contributed by atoms with Crippen LogP contribution in [0.2, 0.25) is 0 Å². The Kier molecular flexibility index (Phi) is 21.7. The lowest BCUT2D eigenvalue weighted by atomic mass is 10.0. The lowest BCUT2D eigenvalue weighted by Crippen LogP contribution is -2.25. The number of hydrogen-bond donors (Lipinski definition) is 1. The van der Waals surface area contributed by atoms with E-state index in [2.05, 4.69) is 12.2 Å². The van der Waals surface area contributed by atoms with Gasteiger partial charge in [0.05, 0.1) is 0 Å². The predicted molar refractivity (Wildman–Crippen MR) is 168 cm³/mol. The zero-order valence-corrected chi connectivity index (χ0v) is 27.1. The highest BCUT2D eigenvalue weighted by atomic mass is 16.6. The molecule has 0 radical (unpaired) electrons. The number of esters is 3. The van der Waals surface area contributed by atoms with Gasteiger partial charge in [0.1, 0.15) is 0 Å². The van der Waals surface area contributed by atoms with Gasteiger partial charge in [-0.3, -0.25) is 19.2 Å². The summed E-state index contributed by atoms with van der Waals surface area (Å²) in [5, 5.41) is 2.77. The number of carbonyl (C=O) groups excluding carboxylic acids is 4. The van der Waals surface area contributed by atoms with Crippen LogP contribution in [0.25, 0.3) is 0 Å². The number of nitrogens with one attached hydrogen (secondary N) is 1. The van der Waals surface area contributed by atoms with E-state index in [1.807, 2.05) is 0 Å². The van der Waals surface area contributed by atoms with Gasteiger partial charge in [0.25, 0.3) is 5.91 Å². The average molecular weight is 606 g/mol. The van der Waals surface area contributed by atoms with E-state index >= 15 is 0 Å². The van der Waals surface area contributed by atoms with E-state index in [1.165, 1.54) is 108 Å². The fourth-order valence-electron chi connectivity index (χ4n) is 4.75. The third-order valence-corrected chi connectivity index (χ3v) is 6.93. The molecule has 0 aromatic heterocycles. The number of ether oxygens (including phenoxy) is 4. The Balaban J connectivity index is 2.18. The molecule has 9 nitrogen and oxygen atoms in total. The molecule has 0 bridgehead atoms. The fraction of sp³-hybridized carbons (Fsp3) is 0.706. The molecule has 0 fully saturated rings. The molecule has 0 aliphatic heterocycles. The molecule has 1 rings (SSSR count). The van der Waals surface area contributed by atoms with Crippen LogP contribution in [0.15, 0.2) is 12.1 Å². The summed E-state index contributed by atoms with van der Waals surface area (Å²) in [6, 6.07) is 2.52. The van der Waals surface area contributed by atoms with E-state index in [0.717, 1.165) is 27.2 Å². The summed E-state index contributed by atoms with van der Waals surface area (Å²) in [7, 11) is 0. The first-order valence-corrected chi connectivity index (χ1v) is 16.3. The molecule has 1 amide bonds. The maximum atomic E-state index is 12.7. The second kappa shape index (κ2) is 24.5. The van der Waals surface area contributed by atoms with E-state index in [1.54, 1.807) is 0 Å². The first-order chi connectivity index (χ1) is 20.7. The molecule has 0 saturated heterocycles. The molecule has 0 aliphatic rings. The summed E-state index contributed by atoms with van der Waals surface area (Å²) in [4.78, 5) is 47.3. The van der Waals surface area contributed by atoms with E-state index in [0.29, 0.717) is 26.2 Å². The van der Waals surface area contributed by atoms with E-state index < -0.39 is 23.8 Å². The number of hydrogen-bond acceptors (Lipinski definition) is 8. The highest BCUT2D eigenvalue weighted by molar-refractivity contribution is 5.96. The quantitative estimate of drug-likeness (QED) is 0.0680. The van der Waals surface area contributed by atoms with Crippen LogP contribution in [-0.2, 0) is 19.1 Å². The van der Waals surface area contributed by atoms with Crippen LogP contribution in [0, 0.1) is 0 Å². The van der Waals surface area contributed by atoms with Crippen LogP contribution >= 0.6 is 0 Å². The lowest BCUT2D eigenvalue weighted by molar-refractivity contribution is -0.135. The van der Waals surface area contributed by atoms with Gasteiger partial charge in [-0.25, -0.2) is 0 Å². The third-order valence-electron chi connectivity index (χ3n) is 6.93. The topological polar surface area (TPSA) is 117 Å². The maximum Gasteiger partial charge on any atom is 0.308 e. The molecule has 1 aromatic rings. The van der Waals surface area contributed by atoms with Crippen molar-refractivity contribution < 1.29 is 38.1 Å². The van der Waals surface area contributed by atoms with Gasteiger partial charge in [0.2, 0.25) is 5.75 Å². The molecule has 0 heterocycles. The van der Waals surface area contributed by atoms with Crippen LogP contribution in [0.4, 0.5) is 0 Å². The van der Waals surface area contributed by atoms with Crippen molar-refractivity contribution >= 4 is 23.8 Å². The second-order valence-corrected chi connectivity index (χ2v) is 11.1. The molecule has 0 atom stereocenters. The van der Waals surface area contributed by atoms with Crippen molar-refractivity contribution in [3.8, 4) is 17.2 Å².